The van der Waals surface area contributed by atoms with Crippen LogP contribution in [0.4, 0.5) is 0 Å². The molecule has 86 valence electrons. The SMILES string of the molecule is O=C(NCCN1CCCC1)C1CCCC1. The van der Waals surface area contributed by atoms with E-state index in [0.29, 0.717) is 11.8 Å². The van der Waals surface area contributed by atoms with Gasteiger partial charge >= 0.3 is 0 Å². The van der Waals surface area contributed by atoms with Crippen LogP contribution < -0.4 is 5.32 Å². The lowest BCUT2D eigenvalue weighted by Crippen LogP contribution is -2.36. The van der Waals surface area contributed by atoms with Crippen LogP contribution in [-0.2, 0) is 4.79 Å². The van der Waals surface area contributed by atoms with Gasteiger partial charge in [0.25, 0.3) is 0 Å². The number of rotatable bonds is 4. The van der Waals surface area contributed by atoms with Crippen LogP contribution >= 0.6 is 0 Å². The lowest BCUT2D eigenvalue weighted by Gasteiger charge is -2.16. The topological polar surface area (TPSA) is 32.3 Å². The predicted molar refractivity (Wildman–Crippen MR) is 60.6 cm³/mol. The Labute approximate surface area is 92.2 Å². The summed E-state index contributed by atoms with van der Waals surface area (Å²) in [6, 6.07) is 0. The second kappa shape index (κ2) is 5.50. The fraction of sp³-hybridized carbons (Fsp3) is 0.917. The molecule has 0 unspecified atom stereocenters. The Balaban J connectivity index is 1.58. The van der Waals surface area contributed by atoms with Crippen LogP contribution in [0.25, 0.3) is 0 Å². The molecule has 0 aromatic rings. The Morgan fingerprint density at radius 1 is 1.13 bits per heavy atom. The lowest BCUT2D eigenvalue weighted by molar-refractivity contribution is -0.124. The van der Waals surface area contributed by atoms with Crippen molar-refractivity contribution in [3.63, 3.8) is 0 Å². The summed E-state index contributed by atoms with van der Waals surface area (Å²) < 4.78 is 0. The van der Waals surface area contributed by atoms with E-state index in [9.17, 15) is 4.79 Å². The Kier molecular flexibility index (Phi) is 4.01. The van der Waals surface area contributed by atoms with Crippen LogP contribution in [0, 0.1) is 5.92 Å². The quantitative estimate of drug-likeness (QED) is 0.760. The zero-order valence-corrected chi connectivity index (χ0v) is 9.50. The Hall–Kier alpha value is -0.570. The summed E-state index contributed by atoms with van der Waals surface area (Å²) in [5.74, 6) is 0.621. The van der Waals surface area contributed by atoms with Crippen molar-refractivity contribution in [2.24, 2.45) is 5.92 Å². The number of carbonyl (C=O) groups is 1. The molecule has 0 aromatic heterocycles. The molecule has 2 fully saturated rings. The van der Waals surface area contributed by atoms with Gasteiger partial charge in [-0.05, 0) is 38.8 Å². The molecule has 1 aliphatic heterocycles. The molecule has 0 atom stereocenters. The molecule has 0 spiro atoms. The van der Waals surface area contributed by atoms with Gasteiger partial charge in [0.05, 0.1) is 0 Å². The summed E-state index contributed by atoms with van der Waals surface area (Å²) >= 11 is 0. The minimum absolute atomic E-state index is 0.298. The minimum atomic E-state index is 0.298. The number of hydrogen-bond acceptors (Lipinski definition) is 2. The first-order valence-corrected chi connectivity index (χ1v) is 6.36. The zero-order chi connectivity index (χ0) is 10.5. The number of likely N-dealkylation sites (tertiary alicyclic amines) is 1. The predicted octanol–water partition coefficient (Wildman–Crippen LogP) is 1.39. The highest BCUT2D eigenvalue weighted by Gasteiger charge is 2.22. The average molecular weight is 210 g/mol. The molecule has 3 heteroatoms. The van der Waals surface area contributed by atoms with Gasteiger partial charge in [-0.25, -0.2) is 0 Å². The van der Waals surface area contributed by atoms with E-state index in [1.165, 1.54) is 38.8 Å². The second-order valence-electron chi connectivity index (χ2n) is 4.82. The fourth-order valence-electron chi connectivity index (χ4n) is 2.68. The van der Waals surface area contributed by atoms with Crippen molar-refractivity contribution in [3.8, 4) is 0 Å². The first-order valence-electron chi connectivity index (χ1n) is 6.36. The number of amides is 1. The molecule has 15 heavy (non-hydrogen) atoms. The fourth-order valence-corrected chi connectivity index (χ4v) is 2.68. The number of hydrogen-bond donors (Lipinski definition) is 1. The molecule has 1 saturated heterocycles. The summed E-state index contributed by atoms with van der Waals surface area (Å²) in [5, 5.41) is 3.07. The van der Waals surface area contributed by atoms with Crippen LogP contribution in [0.2, 0.25) is 0 Å². The van der Waals surface area contributed by atoms with Crippen molar-refractivity contribution in [1.29, 1.82) is 0 Å². The minimum Gasteiger partial charge on any atom is -0.355 e. The van der Waals surface area contributed by atoms with Crippen LogP contribution in [0.15, 0.2) is 0 Å². The average Bonchev–Trinajstić information content (AvgIpc) is 2.90. The lowest BCUT2D eigenvalue weighted by atomic mass is 10.1. The maximum atomic E-state index is 11.7. The van der Waals surface area contributed by atoms with E-state index in [-0.39, 0.29) is 0 Å². The molecule has 2 aliphatic rings. The Bertz CT molecular complexity index is 206. The third-order valence-electron chi connectivity index (χ3n) is 3.65. The monoisotopic (exact) mass is 210 g/mol. The van der Waals surface area contributed by atoms with Crippen molar-refractivity contribution in [1.82, 2.24) is 10.2 Å². The molecule has 1 N–H and O–H groups in total. The van der Waals surface area contributed by atoms with E-state index in [4.69, 9.17) is 0 Å². The number of nitrogens with one attached hydrogen (secondary N) is 1. The highest BCUT2D eigenvalue weighted by Crippen LogP contribution is 2.24. The third kappa shape index (κ3) is 3.20. The molecule has 1 aliphatic carbocycles. The molecule has 0 aromatic carbocycles. The van der Waals surface area contributed by atoms with Gasteiger partial charge in [0.2, 0.25) is 5.91 Å². The molecule has 2 rings (SSSR count). The molecule has 1 heterocycles. The summed E-state index contributed by atoms with van der Waals surface area (Å²) in [6.07, 6.45) is 7.35. The molecule has 1 saturated carbocycles. The Morgan fingerprint density at radius 3 is 2.47 bits per heavy atom. The maximum absolute atomic E-state index is 11.7. The van der Waals surface area contributed by atoms with Gasteiger partial charge in [-0.2, -0.15) is 0 Å². The number of nitrogens with zero attached hydrogens (tertiary/aromatic N) is 1. The van der Waals surface area contributed by atoms with Crippen molar-refractivity contribution in [2.75, 3.05) is 26.2 Å². The largest absolute Gasteiger partial charge is 0.355 e. The van der Waals surface area contributed by atoms with Crippen molar-refractivity contribution in [2.45, 2.75) is 38.5 Å². The first kappa shape index (κ1) is 10.9. The normalized spacial score (nSPS) is 23.5. The summed E-state index contributed by atoms with van der Waals surface area (Å²) in [7, 11) is 0. The standard InChI is InChI=1S/C12H22N2O/c15-12(11-5-1-2-6-11)13-7-10-14-8-3-4-9-14/h11H,1-10H2,(H,13,15). The first-order chi connectivity index (χ1) is 7.36. The highest BCUT2D eigenvalue weighted by molar-refractivity contribution is 5.78. The van der Waals surface area contributed by atoms with Crippen LogP contribution in [0.3, 0.4) is 0 Å². The van der Waals surface area contributed by atoms with Gasteiger partial charge in [-0.1, -0.05) is 12.8 Å². The second-order valence-corrected chi connectivity index (χ2v) is 4.82. The molecule has 3 nitrogen and oxygen atoms in total. The van der Waals surface area contributed by atoms with Gasteiger partial charge in [-0.3, -0.25) is 4.79 Å². The summed E-state index contributed by atoms with van der Waals surface area (Å²) in [5.41, 5.74) is 0. The van der Waals surface area contributed by atoms with E-state index in [1.54, 1.807) is 0 Å². The van der Waals surface area contributed by atoms with E-state index in [1.807, 2.05) is 0 Å². The Morgan fingerprint density at radius 2 is 1.80 bits per heavy atom. The van der Waals surface area contributed by atoms with E-state index < -0.39 is 0 Å². The van der Waals surface area contributed by atoms with Crippen molar-refractivity contribution in [3.05, 3.63) is 0 Å². The van der Waals surface area contributed by atoms with Gasteiger partial charge in [0.1, 0.15) is 0 Å². The third-order valence-corrected chi connectivity index (χ3v) is 3.65. The van der Waals surface area contributed by atoms with E-state index >= 15 is 0 Å². The number of carbonyl (C=O) groups excluding carboxylic acids is 1. The highest BCUT2D eigenvalue weighted by atomic mass is 16.1. The van der Waals surface area contributed by atoms with Crippen LogP contribution in [0.5, 0.6) is 0 Å². The molecule has 0 bridgehead atoms. The van der Waals surface area contributed by atoms with E-state index in [0.717, 1.165) is 25.9 Å². The zero-order valence-electron chi connectivity index (χ0n) is 9.50. The summed E-state index contributed by atoms with van der Waals surface area (Å²) in [4.78, 5) is 14.1. The molecular formula is C12H22N2O. The van der Waals surface area contributed by atoms with E-state index in [2.05, 4.69) is 10.2 Å². The van der Waals surface area contributed by atoms with Gasteiger partial charge in [0, 0.05) is 19.0 Å². The molecular weight excluding hydrogens is 188 g/mol. The smallest absolute Gasteiger partial charge is 0.223 e. The van der Waals surface area contributed by atoms with Crippen molar-refractivity contribution < 1.29 is 4.79 Å². The van der Waals surface area contributed by atoms with Gasteiger partial charge in [0.15, 0.2) is 0 Å². The van der Waals surface area contributed by atoms with Crippen molar-refractivity contribution >= 4 is 5.91 Å². The molecule has 1 amide bonds. The maximum Gasteiger partial charge on any atom is 0.223 e. The molecule has 0 radical (unpaired) electrons. The summed E-state index contributed by atoms with van der Waals surface area (Å²) in [6.45, 7) is 4.33. The van der Waals surface area contributed by atoms with Gasteiger partial charge in [-0.15, -0.1) is 0 Å². The van der Waals surface area contributed by atoms with Crippen LogP contribution in [-0.4, -0.2) is 37.0 Å². The van der Waals surface area contributed by atoms with Gasteiger partial charge < -0.3 is 10.2 Å². The van der Waals surface area contributed by atoms with Crippen LogP contribution in [0.1, 0.15) is 38.5 Å².